The number of hydrogen-bond donors (Lipinski definition) is 3. The zero-order chi connectivity index (χ0) is 31.3. The van der Waals surface area contributed by atoms with Crippen molar-refractivity contribution in [2.75, 3.05) is 23.3 Å². The average molecular weight is 737 g/mol. The van der Waals surface area contributed by atoms with Gasteiger partial charge >= 0.3 is 0 Å². The van der Waals surface area contributed by atoms with Crippen LogP contribution >= 0.6 is 92.8 Å². The number of aromatic nitrogens is 4. The maximum atomic E-state index is 6.29. The van der Waals surface area contributed by atoms with Crippen LogP contribution in [-0.4, -0.2) is 26.5 Å². The monoisotopic (exact) mass is 733 g/mol. The number of nitrogens with one attached hydrogen (secondary N) is 1. The van der Waals surface area contributed by atoms with Crippen LogP contribution in [0, 0.1) is 0 Å². The van der Waals surface area contributed by atoms with Crippen molar-refractivity contribution in [2.45, 2.75) is 6.42 Å². The second kappa shape index (κ2) is 15.0. The quantitative estimate of drug-likeness (QED) is 0.117. The lowest BCUT2D eigenvalue weighted by Gasteiger charge is -2.11. The van der Waals surface area contributed by atoms with E-state index in [1.807, 2.05) is 24.3 Å². The van der Waals surface area contributed by atoms with Crippen molar-refractivity contribution >= 4 is 111 Å². The molecule has 0 amide bonds. The zero-order valence-electron chi connectivity index (χ0n) is 21.7. The van der Waals surface area contributed by atoms with Crippen molar-refractivity contribution in [3.63, 3.8) is 0 Å². The van der Waals surface area contributed by atoms with E-state index in [2.05, 4.69) is 25.3 Å². The largest absolute Gasteiger partial charge is 0.370 e. The number of nitrogens with zero attached hydrogens (tertiary/aromatic N) is 4. The normalized spacial score (nSPS) is 10.7. The number of hydrogen-bond acceptors (Lipinski definition) is 7. The smallest absolute Gasteiger partial charge is 0.222 e. The van der Waals surface area contributed by atoms with Crippen molar-refractivity contribution in [3.05, 3.63) is 107 Å². The summed E-state index contributed by atoms with van der Waals surface area (Å²) in [6.07, 6.45) is 0.809. The van der Waals surface area contributed by atoms with Crippen LogP contribution < -0.4 is 16.8 Å². The van der Waals surface area contributed by atoms with Crippen LogP contribution in [0.25, 0.3) is 22.5 Å². The highest BCUT2D eigenvalue weighted by Gasteiger charge is 2.14. The average Bonchev–Trinajstić information content (AvgIpc) is 2.95. The Morgan fingerprint density at radius 2 is 1.07 bits per heavy atom. The standard InChI is InChI=1S/C18H14Cl4N4.C10H5Cl4N3/c19-11-3-1-10(2-4-11)7-8-24-15-9-14(25-18(23)26-15)12-5-6-13(20)17(22)16(12)21;11-5-2-1-4(8(13)9(5)14)6-3-7(12)17-10(15)16-6/h1-6,9H,7-8H2,(H3,23,24,25,26);1-3H,(H2,15,16,17). The Morgan fingerprint density at radius 3 is 1.60 bits per heavy atom. The minimum Gasteiger partial charge on any atom is -0.370 e. The molecule has 0 aliphatic rings. The predicted molar refractivity (Wildman–Crippen MR) is 182 cm³/mol. The Morgan fingerprint density at radius 1 is 0.558 bits per heavy atom. The minimum absolute atomic E-state index is 0.0645. The van der Waals surface area contributed by atoms with Gasteiger partial charge in [0.2, 0.25) is 11.9 Å². The molecule has 5 rings (SSSR count). The molecule has 0 aliphatic carbocycles. The molecule has 2 heterocycles. The molecule has 2 aromatic heterocycles. The Balaban J connectivity index is 0.000000215. The van der Waals surface area contributed by atoms with Gasteiger partial charge < -0.3 is 16.8 Å². The number of halogens is 8. The van der Waals surface area contributed by atoms with Crippen LogP contribution in [0.5, 0.6) is 0 Å². The number of anilines is 3. The Labute approximate surface area is 287 Å². The van der Waals surface area contributed by atoms with Gasteiger partial charge in [0.15, 0.2) is 0 Å². The molecule has 0 radical (unpaired) electrons. The molecule has 0 saturated carbocycles. The molecule has 3 aromatic carbocycles. The Kier molecular flexibility index (Phi) is 11.7. The van der Waals surface area contributed by atoms with Crippen LogP contribution in [0.1, 0.15) is 5.56 Å². The summed E-state index contributed by atoms with van der Waals surface area (Å²) in [6, 6.07) is 17.7. The van der Waals surface area contributed by atoms with Crippen LogP contribution in [0.3, 0.4) is 0 Å². The van der Waals surface area contributed by atoms with Crippen molar-refractivity contribution in [3.8, 4) is 22.5 Å². The first-order chi connectivity index (χ1) is 20.4. The highest BCUT2D eigenvalue weighted by Crippen LogP contribution is 2.39. The summed E-state index contributed by atoms with van der Waals surface area (Å²) < 4.78 is 0. The first kappa shape index (κ1) is 33.4. The van der Waals surface area contributed by atoms with Gasteiger partial charge in [-0.25, -0.2) is 15.0 Å². The van der Waals surface area contributed by atoms with Crippen LogP contribution in [0.15, 0.2) is 60.7 Å². The maximum absolute atomic E-state index is 6.29. The van der Waals surface area contributed by atoms with Crippen LogP contribution in [0.2, 0.25) is 40.3 Å². The van der Waals surface area contributed by atoms with Crippen molar-refractivity contribution in [2.24, 2.45) is 0 Å². The topological polar surface area (TPSA) is 116 Å². The lowest BCUT2D eigenvalue weighted by atomic mass is 10.1. The molecule has 0 fully saturated rings. The number of nitrogens with two attached hydrogens (primary N) is 2. The molecule has 43 heavy (non-hydrogen) atoms. The fourth-order valence-electron chi connectivity index (χ4n) is 3.70. The summed E-state index contributed by atoms with van der Waals surface area (Å²) in [5.41, 5.74) is 14.8. The third-order valence-corrected chi connectivity index (χ3v) is 8.74. The summed E-state index contributed by atoms with van der Waals surface area (Å²) in [5, 5.41) is 6.10. The summed E-state index contributed by atoms with van der Waals surface area (Å²) in [5.74, 6) is 0.803. The first-order valence-corrected chi connectivity index (χ1v) is 15.2. The SMILES string of the molecule is Nc1nc(Cl)cc(-c2ccc(Cl)c(Cl)c2Cl)n1.Nc1nc(NCCc2ccc(Cl)cc2)cc(-c2ccc(Cl)c(Cl)c2Cl)n1. The highest BCUT2D eigenvalue weighted by atomic mass is 35.5. The molecule has 222 valence electrons. The van der Waals surface area contributed by atoms with E-state index in [0.29, 0.717) is 60.0 Å². The molecular formula is C28H19Cl8N7. The van der Waals surface area contributed by atoms with E-state index in [9.17, 15) is 0 Å². The highest BCUT2D eigenvalue weighted by molar-refractivity contribution is 6.49. The van der Waals surface area contributed by atoms with Gasteiger partial charge in [0.05, 0.1) is 41.5 Å². The number of benzene rings is 3. The zero-order valence-corrected chi connectivity index (χ0v) is 27.7. The van der Waals surface area contributed by atoms with E-state index >= 15 is 0 Å². The van der Waals surface area contributed by atoms with Gasteiger partial charge in [-0.2, -0.15) is 4.98 Å². The van der Waals surface area contributed by atoms with Crippen LogP contribution in [-0.2, 0) is 6.42 Å². The summed E-state index contributed by atoms with van der Waals surface area (Å²) in [4.78, 5) is 16.2. The second-order valence-electron chi connectivity index (χ2n) is 8.68. The Bertz CT molecular complexity index is 1750. The molecule has 0 unspecified atom stereocenters. The van der Waals surface area contributed by atoms with Crippen LogP contribution in [0.4, 0.5) is 17.7 Å². The Hall–Kier alpha value is -2.46. The van der Waals surface area contributed by atoms with Gasteiger partial charge in [0.1, 0.15) is 11.0 Å². The van der Waals surface area contributed by atoms with E-state index in [1.165, 1.54) is 0 Å². The molecule has 0 saturated heterocycles. The number of nitrogen functional groups attached to an aromatic ring is 2. The lowest BCUT2D eigenvalue weighted by Crippen LogP contribution is -2.08. The van der Waals surface area contributed by atoms with Crippen molar-refractivity contribution < 1.29 is 0 Å². The third-order valence-electron chi connectivity index (χ3n) is 5.71. The minimum atomic E-state index is 0.0645. The molecule has 15 heteroatoms. The molecule has 0 bridgehead atoms. The summed E-state index contributed by atoms with van der Waals surface area (Å²) in [7, 11) is 0. The molecule has 5 aromatic rings. The molecule has 0 atom stereocenters. The third kappa shape index (κ3) is 8.81. The van der Waals surface area contributed by atoms with Crippen molar-refractivity contribution in [1.82, 2.24) is 19.9 Å². The van der Waals surface area contributed by atoms with E-state index < -0.39 is 0 Å². The van der Waals surface area contributed by atoms with E-state index in [0.717, 1.165) is 12.0 Å². The van der Waals surface area contributed by atoms with E-state index in [4.69, 9.17) is 104 Å². The molecule has 0 spiro atoms. The fourth-order valence-corrected chi connectivity index (χ4v) is 5.28. The summed E-state index contributed by atoms with van der Waals surface area (Å²) >= 11 is 47.9. The van der Waals surface area contributed by atoms with Gasteiger partial charge in [-0.3, -0.25) is 0 Å². The van der Waals surface area contributed by atoms with Gasteiger partial charge in [-0.05, 0) is 48.4 Å². The van der Waals surface area contributed by atoms with Gasteiger partial charge in [-0.15, -0.1) is 0 Å². The number of rotatable bonds is 6. The fraction of sp³-hybridized carbons (Fsp3) is 0.0714. The molecule has 5 N–H and O–H groups in total. The van der Waals surface area contributed by atoms with Gasteiger partial charge in [0.25, 0.3) is 0 Å². The molecule has 7 nitrogen and oxygen atoms in total. The lowest BCUT2D eigenvalue weighted by molar-refractivity contribution is 1.00. The van der Waals surface area contributed by atoms with E-state index in [1.54, 1.807) is 36.4 Å². The molecular weight excluding hydrogens is 718 g/mol. The second-order valence-corrected chi connectivity index (χ2v) is 11.8. The summed E-state index contributed by atoms with van der Waals surface area (Å²) in [6.45, 7) is 0.673. The first-order valence-electron chi connectivity index (χ1n) is 12.1. The van der Waals surface area contributed by atoms with Crippen molar-refractivity contribution in [1.29, 1.82) is 0 Å². The van der Waals surface area contributed by atoms with E-state index in [-0.39, 0.29) is 27.1 Å². The predicted octanol–water partition coefficient (Wildman–Crippen LogP) is 10.3. The van der Waals surface area contributed by atoms with Gasteiger partial charge in [0, 0.05) is 34.8 Å². The molecule has 0 aliphatic heterocycles. The maximum Gasteiger partial charge on any atom is 0.222 e. The van der Waals surface area contributed by atoms with Gasteiger partial charge in [-0.1, -0.05) is 105 Å².